The molecule has 0 spiro atoms. The first-order chi connectivity index (χ1) is 8.52. The van der Waals surface area contributed by atoms with Crippen LogP contribution in [-0.4, -0.2) is 32.8 Å². The molecular weight excluding hydrogens is 258 g/mol. The molecule has 0 unspecified atom stereocenters. The molecule has 102 valence electrons. The van der Waals surface area contributed by atoms with Crippen molar-refractivity contribution in [1.82, 2.24) is 5.16 Å². The van der Waals surface area contributed by atoms with E-state index in [2.05, 4.69) is 5.16 Å². The molecule has 7 nitrogen and oxygen atoms in total. The van der Waals surface area contributed by atoms with Gasteiger partial charge in [0.15, 0.2) is 0 Å². The number of hydrogen-bond acceptors (Lipinski definition) is 5. The lowest BCUT2D eigenvalue weighted by molar-refractivity contribution is 0.0868. The first-order valence-corrected chi connectivity index (χ1v) is 7.38. The number of anilines is 1. The maximum atomic E-state index is 11.7. The average Bonchev–Trinajstić information content (AvgIpc) is 2.77. The van der Waals surface area contributed by atoms with Crippen molar-refractivity contribution in [2.75, 3.05) is 17.5 Å². The summed E-state index contributed by atoms with van der Waals surface area (Å²) in [5, 5.41) is 9.06. The number of nitrogens with zero attached hydrogens (tertiary/aromatic N) is 2. The largest absolute Gasteiger partial charge is 0.381 e. The van der Waals surface area contributed by atoms with Gasteiger partial charge in [0, 0.05) is 19.3 Å². The van der Waals surface area contributed by atoms with Gasteiger partial charge in [-0.2, -0.15) is 8.42 Å². The number of hydrogen-bond donors (Lipinski definition) is 1. The van der Waals surface area contributed by atoms with E-state index in [1.807, 2.05) is 6.92 Å². The first-order valence-electron chi connectivity index (χ1n) is 5.88. The molecule has 0 atom stereocenters. The Kier molecular flexibility index (Phi) is 3.88. The molecule has 18 heavy (non-hydrogen) atoms. The van der Waals surface area contributed by atoms with Crippen molar-refractivity contribution in [2.24, 2.45) is 5.14 Å². The summed E-state index contributed by atoms with van der Waals surface area (Å²) in [7, 11) is -3.87. The fourth-order valence-electron chi connectivity index (χ4n) is 2.00. The Morgan fingerprint density at radius 3 is 2.67 bits per heavy atom. The van der Waals surface area contributed by atoms with E-state index in [1.165, 1.54) is 0 Å². The van der Waals surface area contributed by atoms with Crippen molar-refractivity contribution < 1.29 is 17.7 Å². The van der Waals surface area contributed by atoms with Crippen molar-refractivity contribution >= 4 is 16.1 Å². The molecule has 1 aromatic rings. The van der Waals surface area contributed by atoms with E-state index in [4.69, 9.17) is 14.4 Å². The van der Waals surface area contributed by atoms with Gasteiger partial charge in [0.05, 0.1) is 11.7 Å². The predicted octanol–water partition coefficient (Wildman–Crippen LogP) is 0.426. The zero-order chi connectivity index (χ0) is 13.2. The van der Waals surface area contributed by atoms with Gasteiger partial charge in [-0.25, -0.2) is 9.44 Å². The van der Waals surface area contributed by atoms with E-state index < -0.39 is 10.2 Å². The van der Waals surface area contributed by atoms with E-state index in [0.717, 1.165) is 4.31 Å². The lowest BCUT2D eigenvalue weighted by Gasteiger charge is -2.31. The van der Waals surface area contributed by atoms with Gasteiger partial charge in [-0.05, 0) is 19.3 Å². The highest BCUT2D eigenvalue weighted by atomic mass is 32.2. The summed E-state index contributed by atoms with van der Waals surface area (Å²) in [4.78, 5) is 0. The van der Waals surface area contributed by atoms with Crippen LogP contribution in [0.15, 0.2) is 10.6 Å². The van der Waals surface area contributed by atoms with Crippen molar-refractivity contribution in [3.05, 3.63) is 11.8 Å². The highest BCUT2D eigenvalue weighted by Gasteiger charge is 2.32. The van der Waals surface area contributed by atoms with Crippen molar-refractivity contribution in [3.63, 3.8) is 0 Å². The number of rotatable bonds is 4. The van der Waals surface area contributed by atoms with Crippen molar-refractivity contribution in [3.8, 4) is 0 Å². The Morgan fingerprint density at radius 1 is 1.50 bits per heavy atom. The quantitative estimate of drug-likeness (QED) is 0.859. The minimum absolute atomic E-state index is 0.182. The SMILES string of the molecule is CCc1cc(N(C2CCOCC2)S(N)(=O)=O)on1. The third kappa shape index (κ3) is 2.82. The molecule has 0 aromatic carbocycles. The van der Waals surface area contributed by atoms with Crippen LogP contribution >= 0.6 is 0 Å². The van der Waals surface area contributed by atoms with Gasteiger partial charge in [0.2, 0.25) is 5.88 Å². The van der Waals surface area contributed by atoms with Crippen LogP contribution < -0.4 is 9.44 Å². The Balaban J connectivity index is 2.30. The number of aryl methyl sites for hydroxylation is 1. The van der Waals surface area contributed by atoms with Crippen LogP contribution in [0.1, 0.15) is 25.5 Å². The number of ether oxygens (including phenoxy) is 1. The topological polar surface area (TPSA) is 98.7 Å². The Hall–Kier alpha value is -1.12. The second kappa shape index (κ2) is 5.25. The standard InChI is InChI=1S/C10H17N3O4S/c1-2-8-7-10(17-12-8)13(18(11,14)15)9-3-5-16-6-4-9/h7,9H,2-6H2,1H3,(H2,11,14,15). The molecule has 2 N–H and O–H groups in total. The monoisotopic (exact) mass is 275 g/mol. The summed E-state index contributed by atoms with van der Waals surface area (Å²) in [5.41, 5.74) is 0.700. The molecule has 1 aromatic heterocycles. The third-order valence-electron chi connectivity index (χ3n) is 2.92. The van der Waals surface area contributed by atoms with Gasteiger partial charge >= 0.3 is 10.2 Å². The predicted molar refractivity (Wildman–Crippen MR) is 65.3 cm³/mol. The molecule has 0 saturated carbocycles. The maximum absolute atomic E-state index is 11.7. The Bertz CT molecular complexity index is 493. The van der Waals surface area contributed by atoms with Gasteiger partial charge in [-0.3, -0.25) is 0 Å². The van der Waals surface area contributed by atoms with Gasteiger partial charge in [-0.15, -0.1) is 0 Å². The molecule has 0 aliphatic carbocycles. The lowest BCUT2D eigenvalue weighted by atomic mass is 10.1. The summed E-state index contributed by atoms with van der Waals surface area (Å²) in [5.74, 6) is 0.182. The van der Waals surface area contributed by atoms with E-state index in [0.29, 0.717) is 38.2 Å². The fraction of sp³-hybridized carbons (Fsp3) is 0.700. The summed E-state index contributed by atoms with van der Waals surface area (Å²) in [6.45, 7) is 2.95. The summed E-state index contributed by atoms with van der Waals surface area (Å²) in [6, 6.07) is 1.38. The molecule has 0 bridgehead atoms. The molecule has 1 saturated heterocycles. The van der Waals surface area contributed by atoms with Gasteiger partial charge < -0.3 is 9.26 Å². The normalized spacial score (nSPS) is 17.9. The van der Waals surface area contributed by atoms with Gasteiger partial charge in [0.1, 0.15) is 0 Å². The van der Waals surface area contributed by atoms with E-state index >= 15 is 0 Å². The molecule has 2 heterocycles. The molecule has 1 aliphatic rings. The summed E-state index contributed by atoms with van der Waals surface area (Å²) >= 11 is 0. The van der Waals surface area contributed by atoms with E-state index in [9.17, 15) is 8.42 Å². The molecule has 8 heteroatoms. The Morgan fingerprint density at radius 2 is 2.17 bits per heavy atom. The second-order valence-corrected chi connectivity index (χ2v) is 5.62. The highest BCUT2D eigenvalue weighted by molar-refractivity contribution is 7.90. The van der Waals surface area contributed by atoms with E-state index in [-0.39, 0.29) is 11.9 Å². The molecule has 1 aliphatic heterocycles. The molecule has 1 fully saturated rings. The van der Waals surface area contributed by atoms with Crippen LogP contribution in [-0.2, 0) is 21.4 Å². The van der Waals surface area contributed by atoms with Gasteiger partial charge in [0.25, 0.3) is 0 Å². The lowest BCUT2D eigenvalue weighted by Crippen LogP contribution is -2.46. The van der Waals surface area contributed by atoms with Crippen LogP contribution in [0, 0.1) is 0 Å². The average molecular weight is 275 g/mol. The Labute approximate surface area is 106 Å². The van der Waals surface area contributed by atoms with Crippen LogP contribution in [0.5, 0.6) is 0 Å². The molecule has 0 amide bonds. The maximum Gasteiger partial charge on any atom is 0.301 e. The number of nitrogens with two attached hydrogens (primary N) is 1. The minimum Gasteiger partial charge on any atom is -0.381 e. The molecule has 2 rings (SSSR count). The van der Waals surface area contributed by atoms with Crippen LogP contribution in [0.3, 0.4) is 0 Å². The fourth-order valence-corrected chi connectivity index (χ4v) is 2.97. The smallest absolute Gasteiger partial charge is 0.301 e. The van der Waals surface area contributed by atoms with Crippen LogP contribution in [0.2, 0.25) is 0 Å². The van der Waals surface area contributed by atoms with Crippen molar-refractivity contribution in [1.29, 1.82) is 0 Å². The third-order valence-corrected chi connectivity index (χ3v) is 3.95. The molecule has 0 radical (unpaired) electrons. The van der Waals surface area contributed by atoms with Crippen molar-refractivity contribution in [2.45, 2.75) is 32.2 Å². The minimum atomic E-state index is -3.87. The van der Waals surface area contributed by atoms with E-state index in [1.54, 1.807) is 6.07 Å². The van der Waals surface area contributed by atoms with Gasteiger partial charge in [-0.1, -0.05) is 12.1 Å². The zero-order valence-electron chi connectivity index (χ0n) is 10.2. The second-order valence-electron chi connectivity index (χ2n) is 4.19. The molecular formula is C10H17N3O4S. The zero-order valence-corrected chi connectivity index (χ0v) is 11.0. The highest BCUT2D eigenvalue weighted by Crippen LogP contribution is 2.25. The summed E-state index contributed by atoms with van der Waals surface area (Å²) in [6.07, 6.45) is 1.87. The summed E-state index contributed by atoms with van der Waals surface area (Å²) < 4.78 is 34.8. The first kappa shape index (κ1) is 13.3. The van der Waals surface area contributed by atoms with Crippen LogP contribution in [0.25, 0.3) is 0 Å². The number of aromatic nitrogens is 1. The van der Waals surface area contributed by atoms with Crippen LogP contribution in [0.4, 0.5) is 5.88 Å².